The molecule has 3 N–H and O–H groups in total. The van der Waals surface area contributed by atoms with Crippen molar-refractivity contribution in [1.82, 2.24) is 5.32 Å². The number of likely N-dealkylation sites (tertiary alicyclic amines) is 1. The molecule has 0 aliphatic carbocycles. The fourth-order valence-electron chi connectivity index (χ4n) is 4.66. The number of piperidine rings is 1. The molecule has 1 aliphatic heterocycles. The van der Waals surface area contributed by atoms with Crippen LogP contribution in [0.1, 0.15) is 24.8 Å². The third-order valence-corrected chi connectivity index (χ3v) is 6.59. The predicted octanol–water partition coefficient (Wildman–Crippen LogP) is 3.88. The number of ether oxygens (including phenoxy) is 1. The zero-order valence-electron chi connectivity index (χ0n) is 19.8. The smallest absolute Gasteiger partial charge is 0.361 e. The zero-order valence-corrected chi connectivity index (χ0v) is 19.8. The maximum Gasteiger partial charge on any atom is 0.361 e. The van der Waals surface area contributed by atoms with Crippen LogP contribution in [0.25, 0.3) is 0 Å². The van der Waals surface area contributed by atoms with Crippen molar-refractivity contribution < 1.29 is 18.8 Å². The summed E-state index contributed by atoms with van der Waals surface area (Å²) in [6, 6.07) is 18.0. The Kier molecular flexibility index (Phi) is 9.13. The van der Waals surface area contributed by atoms with Gasteiger partial charge in [-0.1, -0.05) is 36.4 Å². The quantitative estimate of drug-likeness (QED) is 0.290. The Morgan fingerprint density at radius 3 is 2.45 bits per heavy atom. The molecule has 7 nitrogen and oxygen atoms in total. The lowest BCUT2D eigenvalue weighted by Crippen LogP contribution is -2.56. The monoisotopic (exact) mass is 453 g/mol. The van der Waals surface area contributed by atoms with Crippen molar-refractivity contribution in [1.29, 1.82) is 0 Å². The third-order valence-electron chi connectivity index (χ3n) is 6.59. The molecule has 0 aromatic heterocycles. The molecule has 1 fully saturated rings. The van der Waals surface area contributed by atoms with Gasteiger partial charge in [-0.2, -0.15) is 0 Å². The number of anilines is 2. The first-order chi connectivity index (χ1) is 16.0. The normalized spacial score (nSPS) is 20.0. The SMILES string of the molecule is CNc1cccc(NC(=O)NCCC[N+]2(CC(=O)OC)CCC(Cc3ccccc3)CC2)c1. The molecule has 0 spiro atoms. The van der Waals surface area contributed by atoms with Gasteiger partial charge in [-0.25, -0.2) is 9.59 Å². The summed E-state index contributed by atoms with van der Waals surface area (Å²) < 4.78 is 5.73. The van der Waals surface area contributed by atoms with Crippen LogP contribution in [0.3, 0.4) is 0 Å². The van der Waals surface area contributed by atoms with Crippen molar-refractivity contribution >= 4 is 23.4 Å². The third kappa shape index (κ3) is 7.79. The molecule has 0 unspecified atom stereocenters. The van der Waals surface area contributed by atoms with E-state index in [1.54, 1.807) is 0 Å². The van der Waals surface area contributed by atoms with E-state index in [9.17, 15) is 9.59 Å². The molecule has 0 atom stereocenters. The molecule has 178 valence electrons. The van der Waals surface area contributed by atoms with E-state index in [0.717, 1.165) is 61.2 Å². The van der Waals surface area contributed by atoms with E-state index in [-0.39, 0.29) is 12.0 Å². The first kappa shape index (κ1) is 24.6. The molecule has 2 aromatic carbocycles. The van der Waals surface area contributed by atoms with Gasteiger partial charge in [0, 0.05) is 31.4 Å². The summed E-state index contributed by atoms with van der Waals surface area (Å²) in [5.74, 6) is 0.486. The van der Waals surface area contributed by atoms with Crippen LogP contribution >= 0.6 is 0 Å². The second kappa shape index (κ2) is 12.3. The minimum absolute atomic E-state index is 0.161. The van der Waals surface area contributed by atoms with Gasteiger partial charge in [0.05, 0.1) is 26.7 Å². The van der Waals surface area contributed by atoms with Gasteiger partial charge in [-0.05, 0) is 48.9 Å². The molecule has 2 aromatic rings. The van der Waals surface area contributed by atoms with Crippen LogP contribution in [0, 0.1) is 5.92 Å². The van der Waals surface area contributed by atoms with Crippen molar-refractivity contribution in [3.63, 3.8) is 0 Å². The number of hydrogen-bond donors (Lipinski definition) is 3. The summed E-state index contributed by atoms with van der Waals surface area (Å²) in [5, 5.41) is 8.86. The number of nitrogens with one attached hydrogen (secondary N) is 3. The lowest BCUT2D eigenvalue weighted by molar-refractivity contribution is -0.927. The van der Waals surface area contributed by atoms with Crippen LogP contribution in [0.15, 0.2) is 54.6 Å². The molecule has 1 aliphatic rings. The Morgan fingerprint density at radius 1 is 1.03 bits per heavy atom. The summed E-state index contributed by atoms with van der Waals surface area (Å²) in [7, 11) is 3.30. The Morgan fingerprint density at radius 2 is 1.76 bits per heavy atom. The van der Waals surface area contributed by atoms with Crippen LogP contribution < -0.4 is 16.0 Å². The average molecular weight is 454 g/mol. The summed E-state index contributed by atoms with van der Waals surface area (Å²) in [5.41, 5.74) is 3.07. The van der Waals surface area contributed by atoms with Gasteiger partial charge in [0.15, 0.2) is 6.54 Å². The summed E-state index contributed by atoms with van der Waals surface area (Å²) >= 11 is 0. The summed E-state index contributed by atoms with van der Waals surface area (Å²) in [4.78, 5) is 24.4. The van der Waals surface area contributed by atoms with Crippen molar-refractivity contribution in [3.8, 4) is 0 Å². The number of quaternary nitrogens is 1. The molecule has 7 heteroatoms. The maximum atomic E-state index is 12.3. The van der Waals surface area contributed by atoms with Crippen molar-refractivity contribution in [3.05, 3.63) is 60.2 Å². The summed E-state index contributed by atoms with van der Waals surface area (Å²) in [6.45, 7) is 3.75. The number of carbonyl (C=O) groups excluding carboxylic acids is 2. The van der Waals surface area contributed by atoms with E-state index in [1.807, 2.05) is 31.3 Å². The first-order valence-corrected chi connectivity index (χ1v) is 11.8. The molecule has 3 rings (SSSR count). The molecule has 33 heavy (non-hydrogen) atoms. The van der Waals surface area contributed by atoms with Crippen LogP contribution in [0.5, 0.6) is 0 Å². The van der Waals surface area contributed by atoms with Gasteiger partial charge >= 0.3 is 12.0 Å². The minimum atomic E-state index is -0.218. The predicted molar refractivity (Wildman–Crippen MR) is 132 cm³/mol. The van der Waals surface area contributed by atoms with E-state index in [2.05, 4.69) is 46.3 Å². The number of esters is 1. The molecule has 1 saturated heterocycles. The Balaban J connectivity index is 1.46. The number of nitrogens with zero attached hydrogens (tertiary/aromatic N) is 1. The second-order valence-corrected chi connectivity index (χ2v) is 8.95. The fourth-order valence-corrected chi connectivity index (χ4v) is 4.66. The maximum absolute atomic E-state index is 12.3. The van der Waals surface area contributed by atoms with Crippen molar-refractivity contribution in [2.45, 2.75) is 25.7 Å². The van der Waals surface area contributed by atoms with Crippen LogP contribution in [0.2, 0.25) is 0 Å². The molecule has 0 saturated carbocycles. The van der Waals surface area contributed by atoms with Crippen molar-refractivity contribution in [2.24, 2.45) is 5.92 Å². The Bertz CT molecular complexity index is 895. The number of hydrogen-bond acceptors (Lipinski definition) is 4. The molecule has 1 heterocycles. The van der Waals surface area contributed by atoms with E-state index in [1.165, 1.54) is 12.7 Å². The molecular formula is C26H37N4O3+. The second-order valence-electron chi connectivity index (χ2n) is 8.95. The van der Waals surface area contributed by atoms with Crippen LogP contribution in [0.4, 0.5) is 16.2 Å². The van der Waals surface area contributed by atoms with Crippen LogP contribution in [-0.2, 0) is 16.0 Å². The van der Waals surface area contributed by atoms with Crippen molar-refractivity contribution in [2.75, 3.05) is 57.5 Å². The number of amides is 2. The number of benzene rings is 2. The number of methoxy groups -OCH3 is 1. The number of rotatable bonds is 10. The number of urea groups is 1. The lowest BCUT2D eigenvalue weighted by atomic mass is 9.88. The van der Waals surface area contributed by atoms with E-state index >= 15 is 0 Å². The van der Waals surface area contributed by atoms with E-state index in [4.69, 9.17) is 4.74 Å². The Hall–Kier alpha value is -3.06. The van der Waals surface area contributed by atoms with Gasteiger partial charge in [0.1, 0.15) is 0 Å². The highest BCUT2D eigenvalue weighted by molar-refractivity contribution is 5.89. The van der Waals surface area contributed by atoms with Gasteiger partial charge in [-0.3, -0.25) is 0 Å². The van der Waals surface area contributed by atoms with Gasteiger partial charge in [0.2, 0.25) is 0 Å². The highest BCUT2D eigenvalue weighted by atomic mass is 16.5. The standard InChI is InChI=1S/C26H36N4O3/c1-27-23-10-6-11-24(19-23)29-26(32)28-14-7-15-30(20-25(31)33-2)16-12-22(13-17-30)18-21-8-4-3-5-9-21/h3-6,8-11,19,22,27H,7,12-18,20H2,1-2H3,(H-,28,29,32)/p+1. The topological polar surface area (TPSA) is 79.5 Å². The minimum Gasteiger partial charge on any atom is -0.465 e. The van der Waals surface area contributed by atoms with E-state index in [0.29, 0.717) is 19.0 Å². The van der Waals surface area contributed by atoms with Crippen LogP contribution in [-0.4, -0.2) is 63.4 Å². The lowest BCUT2D eigenvalue weighted by Gasteiger charge is -2.43. The van der Waals surface area contributed by atoms with Gasteiger partial charge in [0.25, 0.3) is 0 Å². The average Bonchev–Trinajstić information content (AvgIpc) is 2.84. The van der Waals surface area contributed by atoms with Gasteiger partial charge < -0.3 is 25.2 Å². The fraction of sp³-hybridized carbons (Fsp3) is 0.462. The highest BCUT2D eigenvalue weighted by Gasteiger charge is 2.35. The first-order valence-electron chi connectivity index (χ1n) is 11.8. The zero-order chi connectivity index (χ0) is 23.5. The molecule has 0 radical (unpaired) electrons. The Labute approximate surface area is 197 Å². The number of carbonyl (C=O) groups is 2. The largest absolute Gasteiger partial charge is 0.465 e. The molecule has 0 bridgehead atoms. The van der Waals surface area contributed by atoms with Gasteiger partial charge in [-0.15, -0.1) is 0 Å². The summed E-state index contributed by atoms with van der Waals surface area (Å²) in [6.07, 6.45) is 4.10. The highest BCUT2D eigenvalue weighted by Crippen LogP contribution is 2.27. The molecule has 2 amide bonds. The van der Waals surface area contributed by atoms with E-state index < -0.39 is 0 Å². The molecular weight excluding hydrogens is 416 g/mol.